The Kier molecular flexibility index (Phi) is 2.16. The molecule has 0 unspecified atom stereocenters. The van der Waals surface area contributed by atoms with Gasteiger partial charge in [0.15, 0.2) is 5.65 Å². The number of aromatic amines is 2. The number of esters is 1. The molecule has 0 aliphatic heterocycles. The van der Waals surface area contributed by atoms with Crippen molar-refractivity contribution in [3.05, 3.63) is 34.7 Å². The number of nitrogens with one attached hydrogen (secondary N) is 2. The molecule has 2 aromatic heterocycles. The van der Waals surface area contributed by atoms with Crippen molar-refractivity contribution in [3.8, 4) is 5.75 Å². The van der Waals surface area contributed by atoms with Gasteiger partial charge in [-0.05, 0) is 24.3 Å². The molecule has 0 amide bonds. The van der Waals surface area contributed by atoms with Crippen LogP contribution in [0.5, 0.6) is 5.75 Å². The summed E-state index contributed by atoms with van der Waals surface area (Å²) in [5, 5.41) is 0.788. The van der Waals surface area contributed by atoms with Crippen LogP contribution in [0, 0.1) is 0 Å². The topological polar surface area (TPSA) is 87.8 Å². The normalized spacial score (nSPS) is 10.9. The summed E-state index contributed by atoms with van der Waals surface area (Å²) in [6.45, 7) is 1.34. The van der Waals surface area contributed by atoms with Gasteiger partial charge < -0.3 is 9.72 Å². The van der Waals surface area contributed by atoms with Crippen LogP contribution < -0.4 is 10.4 Å². The van der Waals surface area contributed by atoms with Crippen LogP contribution in [0.4, 0.5) is 0 Å². The zero-order valence-corrected chi connectivity index (χ0v) is 9.48. The van der Waals surface area contributed by atoms with E-state index in [1.807, 2.05) is 0 Å². The summed E-state index contributed by atoms with van der Waals surface area (Å²) in [5.74, 6) is 0.0764. The quantitative estimate of drug-likeness (QED) is 0.498. The van der Waals surface area contributed by atoms with E-state index in [1.54, 1.807) is 24.3 Å². The third-order valence-corrected chi connectivity index (χ3v) is 2.53. The second-order valence-corrected chi connectivity index (χ2v) is 3.91. The van der Waals surface area contributed by atoms with E-state index >= 15 is 0 Å². The Hall–Kier alpha value is -2.63. The number of hydrogen-bond donors (Lipinski definition) is 2. The Morgan fingerprint density at radius 2 is 2.11 bits per heavy atom. The van der Waals surface area contributed by atoms with Crippen LogP contribution in [0.2, 0.25) is 0 Å². The minimum Gasteiger partial charge on any atom is -0.427 e. The maximum atomic E-state index is 11.2. The monoisotopic (exact) mass is 243 g/mol. The van der Waals surface area contributed by atoms with Crippen molar-refractivity contribution in [2.75, 3.05) is 0 Å². The third-order valence-electron chi connectivity index (χ3n) is 2.53. The van der Waals surface area contributed by atoms with E-state index in [0.717, 1.165) is 5.39 Å². The number of hydrogen-bond acceptors (Lipinski definition) is 4. The predicted octanol–water partition coefficient (Wildman–Crippen LogP) is 1.33. The number of imidazole rings is 1. The summed E-state index contributed by atoms with van der Waals surface area (Å²) in [6.07, 6.45) is 0. The summed E-state index contributed by atoms with van der Waals surface area (Å²) in [4.78, 5) is 31.5. The molecule has 3 rings (SSSR count). The molecule has 2 N–H and O–H groups in total. The predicted molar refractivity (Wildman–Crippen MR) is 65.5 cm³/mol. The van der Waals surface area contributed by atoms with Crippen molar-refractivity contribution >= 4 is 28.0 Å². The average molecular weight is 243 g/mol. The lowest BCUT2D eigenvalue weighted by atomic mass is 10.2. The lowest BCUT2D eigenvalue weighted by Crippen LogP contribution is -2.01. The van der Waals surface area contributed by atoms with Gasteiger partial charge in [0.25, 0.3) is 0 Å². The fourth-order valence-electron chi connectivity index (χ4n) is 1.84. The maximum absolute atomic E-state index is 11.2. The maximum Gasteiger partial charge on any atom is 0.325 e. The van der Waals surface area contributed by atoms with Gasteiger partial charge in [-0.25, -0.2) is 9.78 Å². The summed E-state index contributed by atoms with van der Waals surface area (Å²) < 4.78 is 4.99. The van der Waals surface area contributed by atoms with Gasteiger partial charge >= 0.3 is 11.7 Å². The largest absolute Gasteiger partial charge is 0.427 e. The van der Waals surface area contributed by atoms with Crippen LogP contribution in [0.15, 0.2) is 29.1 Å². The molecule has 0 saturated heterocycles. The summed E-state index contributed by atoms with van der Waals surface area (Å²) in [7, 11) is 0. The molecular weight excluding hydrogens is 234 g/mol. The molecular formula is C12H9N3O3. The molecule has 0 aliphatic rings. The second-order valence-electron chi connectivity index (χ2n) is 3.91. The molecule has 0 fully saturated rings. The Balaban J connectivity index is 2.23. The zero-order chi connectivity index (χ0) is 12.7. The molecule has 18 heavy (non-hydrogen) atoms. The molecule has 6 nitrogen and oxygen atoms in total. The first-order valence-electron chi connectivity index (χ1n) is 5.33. The Morgan fingerprint density at radius 3 is 2.89 bits per heavy atom. The fourth-order valence-corrected chi connectivity index (χ4v) is 1.84. The van der Waals surface area contributed by atoms with Gasteiger partial charge in [0.05, 0.1) is 11.0 Å². The molecule has 1 aromatic carbocycles. The van der Waals surface area contributed by atoms with Crippen LogP contribution in [0.1, 0.15) is 6.92 Å². The average Bonchev–Trinajstić information content (AvgIpc) is 2.64. The molecule has 0 atom stereocenters. The van der Waals surface area contributed by atoms with E-state index in [4.69, 9.17) is 4.74 Å². The van der Waals surface area contributed by atoms with Gasteiger partial charge in [-0.3, -0.25) is 9.78 Å². The Morgan fingerprint density at radius 1 is 1.28 bits per heavy atom. The van der Waals surface area contributed by atoms with Crippen molar-refractivity contribution in [1.29, 1.82) is 0 Å². The van der Waals surface area contributed by atoms with Crippen molar-refractivity contribution in [1.82, 2.24) is 15.0 Å². The number of ether oxygens (including phenoxy) is 1. The van der Waals surface area contributed by atoms with E-state index in [2.05, 4.69) is 15.0 Å². The van der Waals surface area contributed by atoms with Crippen molar-refractivity contribution in [2.45, 2.75) is 6.92 Å². The smallest absolute Gasteiger partial charge is 0.325 e. The molecule has 0 aliphatic carbocycles. The van der Waals surface area contributed by atoms with E-state index in [9.17, 15) is 9.59 Å². The van der Waals surface area contributed by atoms with Crippen molar-refractivity contribution in [3.63, 3.8) is 0 Å². The Bertz CT molecular complexity index is 816. The number of carbonyl (C=O) groups is 1. The van der Waals surface area contributed by atoms with Gasteiger partial charge in [-0.1, -0.05) is 0 Å². The van der Waals surface area contributed by atoms with E-state index in [0.29, 0.717) is 22.4 Å². The van der Waals surface area contributed by atoms with E-state index < -0.39 is 0 Å². The number of H-pyrrole nitrogens is 2. The number of pyridine rings is 1. The van der Waals surface area contributed by atoms with Crippen LogP contribution in [-0.2, 0) is 4.79 Å². The highest BCUT2D eigenvalue weighted by Gasteiger charge is 2.05. The first kappa shape index (κ1) is 10.5. The standard InChI is InChI=1S/C12H9N3O3/c1-6(16)18-8-2-3-9-7(4-8)5-10-11(13-9)15-12(17)14-10/h2-5H,1H3,(H2,13,14,15,17). The first-order valence-corrected chi connectivity index (χ1v) is 5.33. The van der Waals surface area contributed by atoms with E-state index in [-0.39, 0.29) is 11.7 Å². The summed E-state index contributed by atoms with van der Waals surface area (Å²) in [6, 6.07) is 6.88. The van der Waals surface area contributed by atoms with Gasteiger partial charge in [0, 0.05) is 12.3 Å². The number of fused-ring (bicyclic) bond motifs is 2. The van der Waals surface area contributed by atoms with Gasteiger partial charge in [0.1, 0.15) is 5.75 Å². The van der Waals surface area contributed by atoms with Gasteiger partial charge in [0.2, 0.25) is 0 Å². The van der Waals surface area contributed by atoms with Gasteiger partial charge in [-0.15, -0.1) is 0 Å². The molecule has 6 heteroatoms. The summed E-state index contributed by atoms with van der Waals surface area (Å²) >= 11 is 0. The number of nitrogens with zero attached hydrogens (tertiary/aromatic N) is 1. The molecule has 0 saturated carbocycles. The fraction of sp³-hybridized carbons (Fsp3) is 0.0833. The molecule has 0 radical (unpaired) electrons. The lowest BCUT2D eigenvalue weighted by molar-refractivity contribution is -0.131. The highest BCUT2D eigenvalue weighted by Crippen LogP contribution is 2.21. The summed E-state index contributed by atoms with van der Waals surface area (Å²) in [5.41, 5.74) is 1.54. The molecule has 0 spiro atoms. The third kappa shape index (κ3) is 1.73. The number of rotatable bonds is 1. The van der Waals surface area contributed by atoms with Crippen LogP contribution in [0.25, 0.3) is 22.1 Å². The molecule has 2 heterocycles. The Labute approximate surface area is 101 Å². The zero-order valence-electron chi connectivity index (χ0n) is 9.48. The number of aromatic nitrogens is 3. The van der Waals surface area contributed by atoms with Crippen LogP contribution in [0.3, 0.4) is 0 Å². The molecule has 3 aromatic rings. The number of carbonyl (C=O) groups excluding carboxylic acids is 1. The highest BCUT2D eigenvalue weighted by molar-refractivity contribution is 5.90. The second kappa shape index (κ2) is 3.69. The first-order chi connectivity index (χ1) is 8.61. The number of benzene rings is 1. The van der Waals surface area contributed by atoms with Crippen LogP contribution >= 0.6 is 0 Å². The van der Waals surface area contributed by atoms with Gasteiger partial charge in [-0.2, -0.15) is 0 Å². The molecule has 90 valence electrons. The minimum atomic E-state index is -0.376. The minimum absolute atomic E-state index is 0.298. The SMILES string of the molecule is CC(=O)Oc1ccc2nc3[nH]c(=O)[nH]c3cc2c1. The molecule has 0 bridgehead atoms. The van der Waals surface area contributed by atoms with Crippen LogP contribution in [-0.4, -0.2) is 20.9 Å². The highest BCUT2D eigenvalue weighted by atomic mass is 16.5. The van der Waals surface area contributed by atoms with Crippen molar-refractivity contribution < 1.29 is 9.53 Å². The van der Waals surface area contributed by atoms with Crippen molar-refractivity contribution in [2.24, 2.45) is 0 Å². The van der Waals surface area contributed by atoms with E-state index in [1.165, 1.54) is 6.92 Å². The lowest BCUT2D eigenvalue weighted by Gasteiger charge is -2.02.